The molecule has 0 spiro atoms. The van der Waals surface area contributed by atoms with Gasteiger partial charge in [-0.3, -0.25) is 0 Å². The SMILES string of the molecule is Nc1cc(Cl)cc(Br)c1OCCCCc1ccccc1. The third-order valence-electron chi connectivity index (χ3n) is 2.99. The number of nitrogens with two attached hydrogens (primary N) is 1. The number of aryl methyl sites for hydroxylation is 1. The van der Waals surface area contributed by atoms with Crippen molar-refractivity contribution < 1.29 is 4.74 Å². The van der Waals surface area contributed by atoms with Crippen molar-refractivity contribution in [1.82, 2.24) is 0 Å². The Kier molecular flexibility index (Phi) is 5.74. The van der Waals surface area contributed by atoms with Crippen LogP contribution >= 0.6 is 27.5 Å². The maximum Gasteiger partial charge on any atom is 0.156 e. The van der Waals surface area contributed by atoms with Gasteiger partial charge < -0.3 is 10.5 Å². The zero-order chi connectivity index (χ0) is 14.4. The van der Waals surface area contributed by atoms with Crippen molar-refractivity contribution in [3.05, 3.63) is 57.5 Å². The molecule has 0 fully saturated rings. The highest BCUT2D eigenvalue weighted by atomic mass is 79.9. The monoisotopic (exact) mass is 353 g/mol. The van der Waals surface area contributed by atoms with E-state index >= 15 is 0 Å². The van der Waals surface area contributed by atoms with Crippen molar-refractivity contribution in [3.63, 3.8) is 0 Å². The number of anilines is 1. The van der Waals surface area contributed by atoms with Gasteiger partial charge in [-0.2, -0.15) is 0 Å². The number of hydrogen-bond acceptors (Lipinski definition) is 2. The van der Waals surface area contributed by atoms with Crippen molar-refractivity contribution in [2.45, 2.75) is 19.3 Å². The molecule has 0 atom stereocenters. The minimum absolute atomic E-state index is 0.562. The molecule has 2 nitrogen and oxygen atoms in total. The number of halogens is 2. The van der Waals surface area contributed by atoms with Crippen LogP contribution in [-0.4, -0.2) is 6.61 Å². The molecule has 2 aromatic carbocycles. The lowest BCUT2D eigenvalue weighted by molar-refractivity contribution is 0.307. The molecule has 2 N–H and O–H groups in total. The van der Waals surface area contributed by atoms with Crippen LogP contribution in [0.3, 0.4) is 0 Å². The van der Waals surface area contributed by atoms with Gasteiger partial charge in [0.25, 0.3) is 0 Å². The second-order valence-corrected chi connectivity index (χ2v) is 5.89. The summed E-state index contributed by atoms with van der Waals surface area (Å²) in [5, 5.41) is 0.603. The quantitative estimate of drug-likeness (QED) is 0.579. The molecule has 0 aromatic heterocycles. The maximum atomic E-state index is 5.91. The molecule has 0 bridgehead atoms. The summed E-state index contributed by atoms with van der Waals surface area (Å²) in [4.78, 5) is 0. The maximum absolute atomic E-state index is 5.91. The molecule has 106 valence electrons. The summed E-state index contributed by atoms with van der Waals surface area (Å²) in [5.74, 6) is 0.675. The number of benzene rings is 2. The zero-order valence-electron chi connectivity index (χ0n) is 11.1. The van der Waals surface area contributed by atoms with Crippen molar-refractivity contribution in [1.29, 1.82) is 0 Å². The van der Waals surface area contributed by atoms with Crippen LogP contribution in [0.4, 0.5) is 5.69 Å². The van der Waals surface area contributed by atoms with Crippen LogP contribution in [0.25, 0.3) is 0 Å². The summed E-state index contributed by atoms with van der Waals surface area (Å²) in [6, 6.07) is 14.0. The fourth-order valence-corrected chi connectivity index (χ4v) is 2.93. The number of hydrogen-bond donors (Lipinski definition) is 1. The number of rotatable bonds is 6. The topological polar surface area (TPSA) is 35.2 Å². The van der Waals surface area contributed by atoms with E-state index in [-0.39, 0.29) is 0 Å². The van der Waals surface area contributed by atoms with Crippen LogP contribution in [-0.2, 0) is 6.42 Å². The molecule has 4 heteroatoms. The fraction of sp³-hybridized carbons (Fsp3) is 0.250. The van der Waals surface area contributed by atoms with Gasteiger partial charge in [-0.05, 0) is 52.9 Å². The summed E-state index contributed by atoms with van der Waals surface area (Å²) in [6.07, 6.45) is 3.15. The van der Waals surface area contributed by atoms with Gasteiger partial charge in [0.15, 0.2) is 5.75 Å². The minimum Gasteiger partial charge on any atom is -0.490 e. The summed E-state index contributed by atoms with van der Waals surface area (Å²) in [7, 11) is 0. The molecule has 2 aromatic rings. The predicted molar refractivity (Wildman–Crippen MR) is 88.4 cm³/mol. The van der Waals surface area contributed by atoms with Crippen LogP contribution < -0.4 is 10.5 Å². The first kappa shape index (κ1) is 15.2. The average molecular weight is 355 g/mol. The summed E-state index contributed by atoms with van der Waals surface area (Å²) < 4.78 is 6.53. The Morgan fingerprint density at radius 2 is 1.85 bits per heavy atom. The molecule has 0 aliphatic rings. The van der Waals surface area contributed by atoms with Gasteiger partial charge in [-0.15, -0.1) is 0 Å². The van der Waals surface area contributed by atoms with Crippen molar-refractivity contribution >= 4 is 33.2 Å². The Morgan fingerprint density at radius 3 is 2.55 bits per heavy atom. The van der Waals surface area contributed by atoms with Gasteiger partial charge in [-0.1, -0.05) is 41.9 Å². The molecule has 2 rings (SSSR count). The molecule has 0 saturated carbocycles. The number of unbranched alkanes of at least 4 members (excludes halogenated alkanes) is 1. The van der Waals surface area contributed by atoms with Gasteiger partial charge in [0, 0.05) is 5.02 Å². The Labute approximate surface area is 133 Å². The van der Waals surface area contributed by atoms with Crippen LogP contribution in [0.5, 0.6) is 5.75 Å². The molecule has 0 saturated heterocycles. The molecule has 20 heavy (non-hydrogen) atoms. The first-order chi connectivity index (χ1) is 9.66. The van der Waals surface area contributed by atoms with E-state index in [1.54, 1.807) is 12.1 Å². The van der Waals surface area contributed by atoms with Crippen molar-refractivity contribution in [3.8, 4) is 5.75 Å². The van der Waals surface area contributed by atoms with E-state index < -0.39 is 0 Å². The lowest BCUT2D eigenvalue weighted by Gasteiger charge is -2.11. The second kappa shape index (κ2) is 7.55. The van der Waals surface area contributed by atoms with E-state index in [4.69, 9.17) is 22.1 Å². The zero-order valence-corrected chi connectivity index (χ0v) is 13.5. The smallest absolute Gasteiger partial charge is 0.156 e. The predicted octanol–water partition coefficient (Wildman–Crippen LogP) is 5.09. The molecule has 0 aliphatic carbocycles. The Hall–Kier alpha value is -1.19. The third-order valence-corrected chi connectivity index (χ3v) is 3.79. The van der Waals surface area contributed by atoms with E-state index in [0.717, 1.165) is 23.7 Å². The van der Waals surface area contributed by atoms with E-state index in [1.807, 2.05) is 6.07 Å². The number of ether oxygens (including phenoxy) is 1. The Bertz CT molecular complexity index is 537. The van der Waals surface area contributed by atoms with Crippen molar-refractivity contribution in [2.75, 3.05) is 12.3 Å². The standard InChI is InChI=1S/C16H17BrClNO/c17-14-10-13(18)11-15(19)16(14)20-9-5-4-8-12-6-2-1-3-7-12/h1-3,6-7,10-11H,4-5,8-9,19H2. The van der Waals surface area contributed by atoms with Crippen molar-refractivity contribution in [2.24, 2.45) is 0 Å². The number of nitrogen functional groups attached to an aromatic ring is 1. The van der Waals surface area contributed by atoms with Gasteiger partial charge in [-0.25, -0.2) is 0 Å². The van der Waals surface area contributed by atoms with Gasteiger partial charge in [0.05, 0.1) is 16.8 Å². The van der Waals surface area contributed by atoms with Crippen LogP contribution in [0.1, 0.15) is 18.4 Å². The van der Waals surface area contributed by atoms with Gasteiger partial charge in [0.1, 0.15) is 0 Å². The minimum atomic E-state index is 0.562. The highest BCUT2D eigenvalue weighted by Crippen LogP contribution is 2.34. The lowest BCUT2D eigenvalue weighted by Crippen LogP contribution is -2.02. The van der Waals surface area contributed by atoms with E-state index in [0.29, 0.717) is 23.1 Å². The molecule has 0 amide bonds. The van der Waals surface area contributed by atoms with Crippen LogP contribution in [0.15, 0.2) is 46.9 Å². The first-order valence-corrected chi connectivity index (χ1v) is 7.75. The van der Waals surface area contributed by atoms with Crippen LogP contribution in [0, 0.1) is 0 Å². The largest absolute Gasteiger partial charge is 0.490 e. The molecular formula is C16H17BrClNO. The van der Waals surface area contributed by atoms with Gasteiger partial charge >= 0.3 is 0 Å². The van der Waals surface area contributed by atoms with Crippen LogP contribution in [0.2, 0.25) is 5.02 Å². The van der Waals surface area contributed by atoms with Gasteiger partial charge in [0.2, 0.25) is 0 Å². The molecule has 0 radical (unpaired) electrons. The fourth-order valence-electron chi connectivity index (χ4n) is 1.98. The lowest BCUT2D eigenvalue weighted by atomic mass is 10.1. The summed E-state index contributed by atoms with van der Waals surface area (Å²) >= 11 is 9.32. The highest BCUT2D eigenvalue weighted by Gasteiger charge is 2.07. The average Bonchev–Trinajstić information content (AvgIpc) is 2.42. The molecule has 0 aliphatic heterocycles. The Morgan fingerprint density at radius 1 is 1.10 bits per heavy atom. The first-order valence-electron chi connectivity index (χ1n) is 6.58. The third kappa shape index (κ3) is 4.43. The highest BCUT2D eigenvalue weighted by molar-refractivity contribution is 9.10. The van der Waals surface area contributed by atoms with E-state index in [1.165, 1.54) is 5.56 Å². The normalized spacial score (nSPS) is 10.5. The second-order valence-electron chi connectivity index (χ2n) is 4.60. The molecule has 0 heterocycles. The molecular weight excluding hydrogens is 338 g/mol. The Balaban J connectivity index is 1.76. The summed E-state index contributed by atoms with van der Waals surface area (Å²) in [6.45, 7) is 0.650. The van der Waals surface area contributed by atoms with E-state index in [9.17, 15) is 0 Å². The van der Waals surface area contributed by atoms with E-state index in [2.05, 4.69) is 40.2 Å². The summed E-state index contributed by atoms with van der Waals surface area (Å²) in [5.41, 5.74) is 7.81. The molecule has 0 unspecified atom stereocenters.